The summed E-state index contributed by atoms with van der Waals surface area (Å²) < 4.78 is 26.7. The molecule has 0 atom stereocenters. The minimum absolute atomic E-state index is 0.128. The summed E-state index contributed by atoms with van der Waals surface area (Å²) in [5.74, 6) is -0.472. The fourth-order valence-corrected chi connectivity index (χ4v) is 3.67. The predicted octanol–water partition coefficient (Wildman–Crippen LogP) is 2.82. The smallest absolute Gasteiger partial charge is 0.266 e. The molecule has 0 saturated carbocycles. The lowest BCUT2D eigenvalue weighted by Gasteiger charge is -2.34. The van der Waals surface area contributed by atoms with Crippen molar-refractivity contribution in [1.29, 1.82) is 0 Å². The third-order valence-electron chi connectivity index (χ3n) is 3.13. The predicted molar refractivity (Wildman–Crippen MR) is 89.1 cm³/mol. The summed E-state index contributed by atoms with van der Waals surface area (Å²) in [7, 11) is -3.86. The summed E-state index contributed by atoms with van der Waals surface area (Å²) >= 11 is 0. The van der Waals surface area contributed by atoms with E-state index in [2.05, 4.69) is 5.43 Å². The maximum absolute atomic E-state index is 12.9. The molecular weight excluding hydrogens is 312 g/mol. The summed E-state index contributed by atoms with van der Waals surface area (Å²) in [4.78, 5) is 12.5. The van der Waals surface area contributed by atoms with Gasteiger partial charge < -0.3 is 0 Å². The molecule has 2 aromatic rings. The van der Waals surface area contributed by atoms with Gasteiger partial charge in [0.15, 0.2) is 0 Å². The van der Waals surface area contributed by atoms with E-state index in [1.807, 2.05) is 0 Å². The van der Waals surface area contributed by atoms with E-state index in [4.69, 9.17) is 0 Å². The summed E-state index contributed by atoms with van der Waals surface area (Å²) in [5.41, 5.74) is 2.09. The van der Waals surface area contributed by atoms with Crippen molar-refractivity contribution in [2.45, 2.75) is 31.2 Å². The standard InChI is InChI=1S/C17H20N2O3S/c1-17(2,3)19(18-16(20)14-10-6-4-7-11-14)23(21,22)15-12-8-5-9-13-15/h4-13H,1-3H3,(H,18,20). The summed E-state index contributed by atoms with van der Waals surface area (Å²) in [6, 6.07) is 16.5. The molecule has 0 unspecified atom stereocenters. The summed E-state index contributed by atoms with van der Waals surface area (Å²) in [6.07, 6.45) is 0. The molecule has 0 fully saturated rings. The van der Waals surface area contributed by atoms with E-state index < -0.39 is 21.5 Å². The first kappa shape index (κ1) is 17.2. The molecule has 0 heterocycles. The van der Waals surface area contributed by atoms with Gasteiger partial charge in [-0.1, -0.05) is 36.4 Å². The highest BCUT2D eigenvalue weighted by molar-refractivity contribution is 7.89. The SMILES string of the molecule is CC(C)(C)N(NC(=O)c1ccccc1)S(=O)(=O)c1ccccc1. The normalized spacial score (nSPS) is 12.2. The number of hydrogen-bond donors (Lipinski definition) is 1. The highest BCUT2D eigenvalue weighted by atomic mass is 32.2. The lowest BCUT2D eigenvalue weighted by atomic mass is 10.1. The second-order valence-corrected chi connectivity index (χ2v) is 7.85. The molecule has 6 heteroatoms. The van der Waals surface area contributed by atoms with Crippen LogP contribution in [0, 0.1) is 0 Å². The Kier molecular flexibility index (Phi) is 4.87. The van der Waals surface area contributed by atoms with Crippen LogP contribution in [0.2, 0.25) is 0 Å². The Balaban J connectivity index is 2.38. The van der Waals surface area contributed by atoms with Crippen molar-refractivity contribution < 1.29 is 13.2 Å². The molecule has 0 spiro atoms. The first-order chi connectivity index (χ1) is 10.7. The second kappa shape index (κ2) is 6.52. The van der Waals surface area contributed by atoms with Crippen LogP contribution in [0.1, 0.15) is 31.1 Å². The first-order valence-electron chi connectivity index (χ1n) is 7.19. The van der Waals surface area contributed by atoms with Gasteiger partial charge in [-0.15, -0.1) is 4.41 Å². The van der Waals surface area contributed by atoms with Gasteiger partial charge in [-0.3, -0.25) is 10.2 Å². The van der Waals surface area contributed by atoms with E-state index in [1.54, 1.807) is 69.3 Å². The molecule has 2 aromatic carbocycles. The Labute approximate surface area is 137 Å². The third-order valence-corrected chi connectivity index (χ3v) is 5.12. The van der Waals surface area contributed by atoms with Gasteiger partial charge in [0.25, 0.3) is 15.9 Å². The maximum atomic E-state index is 12.9. The number of nitrogens with zero attached hydrogens (tertiary/aromatic N) is 1. The zero-order valence-electron chi connectivity index (χ0n) is 13.4. The molecule has 0 aromatic heterocycles. The number of rotatable bonds is 4. The molecule has 122 valence electrons. The number of carbonyl (C=O) groups is 1. The van der Waals surface area contributed by atoms with Crippen LogP contribution in [0.4, 0.5) is 0 Å². The number of carbonyl (C=O) groups excluding carboxylic acids is 1. The Morgan fingerprint density at radius 2 is 1.39 bits per heavy atom. The Morgan fingerprint density at radius 1 is 0.913 bits per heavy atom. The number of benzene rings is 2. The number of nitrogens with one attached hydrogen (secondary N) is 1. The van der Waals surface area contributed by atoms with Gasteiger partial charge in [-0.2, -0.15) is 0 Å². The van der Waals surface area contributed by atoms with Crippen molar-refractivity contribution in [3.63, 3.8) is 0 Å². The van der Waals surface area contributed by atoms with E-state index in [0.717, 1.165) is 4.41 Å². The number of amides is 1. The molecule has 2 rings (SSSR count). The van der Waals surface area contributed by atoms with Gasteiger partial charge in [0.2, 0.25) is 0 Å². The minimum Gasteiger partial charge on any atom is -0.270 e. The zero-order chi connectivity index (χ0) is 17.1. The van der Waals surface area contributed by atoms with E-state index in [0.29, 0.717) is 5.56 Å². The van der Waals surface area contributed by atoms with E-state index in [9.17, 15) is 13.2 Å². The molecule has 0 radical (unpaired) electrons. The Hall–Kier alpha value is -2.18. The van der Waals surface area contributed by atoms with Crippen molar-refractivity contribution in [1.82, 2.24) is 9.84 Å². The van der Waals surface area contributed by atoms with Crippen LogP contribution in [-0.4, -0.2) is 24.3 Å². The van der Waals surface area contributed by atoms with Gasteiger partial charge in [-0.05, 0) is 45.0 Å². The lowest BCUT2D eigenvalue weighted by molar-refractivity contribution is 0.0798. The van der Waals surface area contributed by atoms with Crippen LogP contribution in [0.15, 0.2) is 65.6 Å². The first-order valence-corrected chi connectivity index (χ1v) is 8.63. The van der Waals surface area contributed by atoms with Crippen LogP contribution in [-0.2, 0) is 10.0 Å². The molecule has 23 heavy (non-hydrogen) atoms. The summed E-state index contributed by atoms with van der Waals surface area (Å²) in [6.45, 7) is 5.16. The van der Waals surface area contributed by atoms with Crippen molar-refractivity contribution in [3.8, 4) is 0 Å². The quantitative estimate of drug-likeness (QED) is 0.876. The average Bonchev–Trinajstić information content (AvgIpc) is 2.53. The number of sulfonamides is 1. The van der Waals surface area contributed by atoms with E-state index in [1.165, 1.54) is 12.1 Å². The van der Waals surface area contributed by atoms with Crippen LogP contribution in [0.5, 0.6) is 0 Å². The zero-order valence-corrected chi connectivity index (χ0v) is 14.2. The topological polar surface area (TPSA) is 66.5 Å². The molecule has 1 amide bonds. The van der Waals surface area contributed by atoms with Crippen molar-refractivity contribution in [2.24, 2.45) is 0 Å². The molecule has 0 aliphatic rings. The lowest BCUT2D eigenvalue weighted by Crippen LogP contribution is -2.55. The van der Waals surface area contributed by atoms with Gasteiger partial charge in [0.05, 0.1) is 4.90 Å². The van der Waals surface area contributed by atoms with E-state index >= 15 is 0 Å². The molecule has 0 aliphatic heterocycles. The number of hydrazine groups is 1. The van der Waals surface area contributed by atoms with Crippen molar-refractivity contribution >= 4 is 15.9 Å². The minimum atomic E-state index is -3.86. The largest absolute Gasteiger partial charge is 0.270 e. The van der Waals surface area contributed by atoms with E-state index in [-0.39, 0.29) is 4.90 Å². The third kappa shape index (κ3) is 3.97. The van der Waals surface area contributed by atoms with Gasteiger partial charge in [0, 0.05) is 11.1 Å². The molecule has 0 bridgehead atoms. The van der Waals surface area contributed by atoms with Crippen molar-refractivity contribution in [2.75, 3.05) is 0 Å². The second-order valence-electron chi connectivity index (χ2n) is 6.06. The highest BCUT2D eigenvalue weighted by Gasteiger charge is 2.35. The van der Waals surface area contributed by atoms with Gasteiger partial charge in [-0.25, -0.2) is 8.42 Å². The molecule has 0 saturated heterocycles. The maximum Gasteiger partial charge on any atom is 0.266 e. The molecule has 1 N–H and O–H groups in total. The molecule has 0 aliphatic carbocycles. The Bertz CT molecular complexity index is 766. The van der Waals surface area contributed by atoms with Crippen LogP contribution in [0.3, 0.4) is 0 Å². The van der Waals surface area contributed by atoms with Crippen LogP contribution in [0.25, 0.3) is 0 Å². The highest BCUT2D eigenvalue weighted by Crippen LogP contribution is 2.22. The Morgan fingerprint density at radius 3 is 1.87 bits per heavy atom. The van der Waals surface area contributed by atoms with Gasteiger partial charge >= 0.3 is 0 Å². The number of hydrogen-bond acceptors (Lipinski definition) is 3. The van der Waals surface area contributed by atoms with Gasteiger partial charge in [0.1, 0.15) is 0 Å². The van der Waals surface area contributed by atoms with Crippen LogP contribution < -0.4 is 5.43 Å². The molecule has 5 nitrogen and oxygen atoms in total. The fourth-order valence-electron chi connectivity index (χ4n) is 2.03. The monoisotopic (exact) mass is 332 g/mol. The fraction of sp³-hybridized carbons (Fsp3) is 0.235. The van der Waals surface area contributed by atoms with Crippen LogP contribution >= 0.6 is 0 Å². The van der Waals surface area contributed by atoms with Crippen molar-refractivity contribution in [3.05, 3.63) is 66.2 Å². The molecular formula is C17H20N2O3S. The summed E-state index contributed by atoms with van der Waals surface area (Å²) in [5, 5.41) is 0. The average molecular weight is 332 g/mol.